The van der Waals surface area contributed by atoms with Crippen molar-refractivity contribution in [2.45, 2.75) is 19.1 Å². The van der Waals surface area contributed by atoms with Crippen LogP contribution in [0.2, 0.25) is 0 Å². The van der Waals surface area contributed by atoms with Crippen LogP contribution >= 0.6 is 11.8 Å². The van der Waals surface area contributed by atoms with Gasteiger partial charge in [0.15, 0.2) is 0 Å². The van der Waals surface area contributed by atoms with Gasteiger partial charge in [0.05, 0.1) is 11.3 Å². The van der Waals surface area contributed by atoms with Crippen LogP contribution in [0.4, 0.5) is 0 Å². The van der Waals surface area contributed by atoms with Crippen LogP contribution in [0.3, 0.4) is 0 Å². The molecule has 0 aliphatic heterocycles. The number of nitrogens with one attached hydrogen (secondary N) is 1. The summed E-state index contributed by atoms with van der Waals surface area (Å²) in [7, 11) is 0. The maximum absolute atomic E-state index is 10.1. The molecule has 0 aliphatic carbocycles. The predicted molar refractivity (Wildman–Crippen MR) is 84.3 cm³/mol. The molecule has 2 N–H and O–H groups in total. The molecular formula is C15H21N3OS. The SMILES string of the molecule is CSCC(C)(O)CNCc1cccc(-n2cccn2)c1. The van der Waals surface area contributed by atoms with Crippen LogP contribution in [0, 0.1) is 0 Å². The summed E-state index contributed by atoms with van der Waals surface area (Å²) in [4.78, 5) is 0. The molecule has 1 aromatic carbocycles. The van der Waals surface area contributed by atoms with Gasteiger partial charge in [-0.15, -0.1) is 0 Å². The molecule has 1 heterocycles. The largest absolute Gasteiger partial charge is 0.388 e. The van der Waals surface area contributed by atoms with Crippen molar-refractivity contribution in [2.75, 3.05) is 18.6 Å². The zero-order chi connectivity index (χ0) is 14.4. The molecule has 1 aromatic heterocycles. The molecule has 0 spiro atoms. The molecule has 5 heteroatoms. The molecule has 4 nitrogen and oxygen atoms in total. The Balaban J connectivity index is 1.92. The maximum Gasteiger partial charge on any atom is 0.0833 e. The monoisotopic (exact) mass is 291 g/mol. The highest BCUT2D eigenvalue weighted by Gasteiger charge is 2.18. The Hall–Kier alpha value is -1.30. The van der Waals surface area contributed by atoms with E-state index in [4.69, 9.17) is 0 Å². The molecule has 0 radical (unpaired) electrons. The van der Waals surface area contributed by atoms with Gasteiger partial charge in [-0.25, -0.2) is 4.68 Å². The number of hydrogen-bond acceptors (Lipinski definition) is 4. The quantitative estimate of drug-likeness (QED) is 0.820. The summed E-state index contributed by atoms with van der Waals surface area (Å²) in [5, 5.41) is 17.6. The molecular weight excluding hydrogens is 270 g/mol. The lowest BCUT2D eigenvalue weighted by Crippen LogP contribution is -2.39. The Bertz CT molecular complexity index is 526. The van der Waals surface area contributed by atoms with Crippen LogP contribution in [0.25, 0.3) is 5.69 Å². The number of nitrogens with zero attached hydrogens (tertiary/aromatic N) is 2. The minimum Gasteiger partial charge on any atom is -0.388 e. The Morgan fingerprint density at radius 2 is 2.25 bits per heavy atom. The van der Waals surface area contributed by atoms with Gasteiger partial charge in [0.2, 0.25) is 0 Å². The molecule has 0 fully saturated rings. The molecule has 2 aromatic rings. The number of aromatic nitrogens is 2. The molecule has 0 saturated heterocycles. The van der Waals surface area contributed by atoms with Gasteiger partial charge in [0.25, 0.3) is 0 Å². The summed E-state index contributed by atoms with van der Waals surface area (Å²) in [6.07, 6.45) is 5.70. The van der Waals surface area contributed by atoms with E-state index in [1.165, 1.54) is 5.56 Å². The molecule has 0 bridgehead atoms. The lowest BCUT2D eigenvalue weighted by Gasteiger charge is -2.22. The standard InChI is InChI=1S/C15H21N3OS/c1-15(19,12-20-2)11-16-10-13-5-3-6-14(9-13)18-8-4-7-17-18/h3-9,16,19H,10-12H2,1-2H3. The molecule has 0 aliphatic rings. The van der Waals surface area contributed by atoms with Gasteiger partial charge < -0.3 is 10.4 Å². The van der Waals surface area contributed by atoms with E-state index in [-0.39, 0.29) is 0 Å². The minimum absolute atomic E-state index is 0.583. The highest BCUT2D eigenvalue weighted by atomic mass is 32.2. The van der Waals surface area contributed by atoms with Gasteiger partial charge in [-0.3, -0.25) is 0 Å². The zero-order valence-corrected chi connectivity index (χ0v) is 12.7. The third-order valence-electron chi connectivity index (χ3n) is 2.97. The third kappa shape index (κ3) is 4.37. The highest BCUT2D eigenvalue weighted by molar-refractivity contribution is 7.98. The first kappa shape index (κ1) is 15.1. The molecule has 2 rings (SSSR count). The first-order valence-corrected chi connectivity index (χ1v) is 8.01. The van der Waals surface area contributed by atoms with Crippen LogP contribution in [-0.4, -0.2) is 39.0 Å². The molecule has 0 saturated carbocycles. The summed E-state index contributed by atoms with van der Waals surface area (Å²) < 4.78 is 1.84. The number of hydrogen-bond donors (Lipinski definition) is 2. The maximum atomic E-state index is 10.1. The van der Waals surface area contributed by atoms with Crippen molar-refractivity contribution in [3.05, 3.63) is 48.3 Å². The van der Waals surface area contributed by atoms with Crippen molar-refractivity contribution < 1.29 is 5.11 Å². The van der Waals surface area contributed by atoms with Crippen LogP contribution in [0.5, 0.6) is 0 Å². The average molecular weight is 291 g/mol. The van der Waals surface area contributed by atoms with Crippen LogP contribution in [0.1, 0.15) is 12.5 Å². The van der Waals surface area contributed by atoms with E-state index in [0.29, 0.717) is 6.54 Å². The van der Waals surface area contributed by atoms with Gasteiger partial charge in [-0.1, -0.05) is 12.1 Å². The number of aliphatic hydroxyl groups is 1. The normalized spacial score (nSPS) is 14.2. The fourth-order valence-electron chi connectivity index (χ4n) is 2.07. The number of thioether (sulfide) groups is 1. The van der Waals surface area contributed by atoms with Crippen molar-refractivity contribution in [3.63, 3.8) is 0 Å². The van der Waals surface area contributed by atoms with Crippen LogP contribution < -0.4 is 5.32 Å². The van der Waals surface area contributed by atoms with Crippen molar-refractivity contribution >= 4 is 11.8 Å². The first-order valence-electron chi connectivity index (χ1n) is 6.62. The molecule has 1 unspecified atom stereocenters. The second-order valence-electron chi connectivity index (χ2n) is 5.15. The highest BCUT2D eigenvalue weighted by Crippen LogP contribution is 2.11. The van der Waals surface area contributed by atoms with Crippen molar-refractivity contribution in [1.29, 1.82) is 0 Å². The van der Waals surface area contributed by atoms with Gasteiger partial charge in [0.1, 0.15) is 0 Å². The van der Waals surface area contributed by atoms with Crippen molar-refractivity contribution in [3.8, 4) is 5.69 Å². The summed E-state index contributed by atoms with van der Waals surface area (Å²) >= 11 is 1.65. The summed E-state index contributed by atoms with van der Waals surface area (Å²) in [5.41, 5.74) is 1.56. The fourth-order valence-corrected chi connectivity index (χ4v) is 2.79. The second-order valence-corrected chi connectivity index (χ2v) is 6.02. The number of benzene rings is 1. The van der Waals surface area contributed by atoms with E-state index in [2.05, 4.69) is 22.5 Å². The average Bonchev–Trinajstić information content (AvgIpc) is 2.92. The van der Waals surface area contributed by atoms with Crippen LogP contribution in [0.15, 0.2) is 42.7 Å². The Kier molecular flexibility index (Phi) is 5.23. The van der Waals surface area contributed by atoms with Gasteiger partial charge >= 0.3 is 0 Å². The minimum atomic E-state index is -0.668. The van der Waals surface area contributed by atoms with E-state index in [9.17, 15) is 5.11 Å². The smallest absolute Gasteiger partial charge is 0.0833 e. The lowest BCUT2D eigenvalue weighted by atomic mass is 10.1. The Morgan fingerprint density at radius 3 is 2.95 bits per heavy atom. The molecule has 20 heavy (non-hydrogen) atoms. The summed E-state index contributed by atoms with van der Waals surface area (Å²) in [5.74, 6) is 0.729. The zero-order valence-electron chi connectivity index (χ0n) is 11.9. The van der Waals surface area contributed by atoms with Crippen LogP contribution in [-0.2, 0) is 6.54 Å². The Labute approximate surface area is 124 Å². The Morgan fingerprint density at radius 1 is 1.40 bits per heavy atom. The lowest BCUT2D eigenvalue weighted by molar-refractivity contribution is 0.0846. The first-order chi connectivity index (χ1) is 9.61. The second kappa shape index (κ2) is 6.92. The topological polar surface area (TPSA) is 50.1 Å². The van der Waals surface area contributed by atoms with Crippen molar-refractivity contribution in [2.24, 2.45) is 0 Å². The molecule has 1 atom stereocenters. The van der Waals surface area contributed by atoms with E-state index >= 15 is 0 Å². The predicted octanol–water partition coefficient (Wildman–Crippen LogP) is 2.08. The third-order valence-corrected chi connectivity index (χ3v) is 3.88. The number of rotatable bonds is 7. The van der Waals surface area contributed by atoms with E-state index < -0.39 is 5.60 Å². The van der Waals surface area contributed by atoms with Gasteiger partial charge in [0, 0.05) is 31.2 Å². The summed E-state index contributed by atoms with van der Waals surface area (Å²) in [6.45, 7) is 3.18. The molecule has 108 valence electrons. The van der Waals surface area contributed by atoms with Crippen molar-refractivity contribution in [1.82, 2.24) is 15.1 Å². The molecule has 0 amide bonds. The van der Waals surface area contributed by atoms with E-state index in [1.807, 2.05) is 42.3 Å². The van der Waals surface area contributed by atoms with Gasteiger partial charge in [-0.2, -0.15) is 16.9 Å². The summed E-state index contributed by atoms with van der Waals surface area (Å²) in [6, 6.07) is 10.1. The fraction of sp³-hybridized carbons (Fsp3) is 0.400. The van der Waals surface area contributed by atoms with E-state index in [1.54, 1.807) is 18.0 Å². The van der Waals surface area contributed by atoms with E-state index in [0.717, 1.165) is 18.0 Å². The van der Waals surface area contributed by atoms with Gasteiger partial charge in [-0.05, 0) is 36.9 Å².